The van der Waals surface area contributed by atoms with Crippen LogP contribution in [0.15, 0.2) is 71.6 Å². The Morgan fingerprint density at radius 3 is 2.67 bits per heavy atom. The normalized spacial score (nSPS) is 14.1. The number of thioether (sulfide) groups is 1. The van der Waals surface area contributed by atoms with E-state index in [9.17, 15) is 20.0 Å². The van der Waals surface area contributed by atoms with Gasteiger partial charge in [-0.25, -0.2) is 4.79 Å². The van der Waals surface area contributed by atoms with Gasteiger partial charge in [-0.1, -0.05) is 54.3 Å². The first-order valence-corrected chi connectivity index (χ1v) is 12.1. The lowest BCUT2D eigenvalue weighted by Crippen LogP contribution is -2.27. The highest BCUT2D eigenvalue weighted by Gasteiger charge is 2.33. The minimum Gasteiger partial charge on any atom is -0.490 e. The monoisotopic (exact) mass is 516 g/mol. The quantitative estimate of drug-likeness (QED) is 0.303. The maximum absolute atomic E-state index is 13.1. The zero-order valence-corrected chi connectivity index (χ0v) is 20.8. The van der Waals surface area contributed by atoms with E-state index in [1.54, 1.807) is 48.5 Å². The van der Waals surface area contributed by atoms with Crippen molar-refractivity contribution in [1.29, 1.82) is 5.26 Å². The Hall–Kier alpha value is -4.13. The highest BCUT2D eigenvalue weighted by atomic mass is 32.2. The number of amides is 1. The van der Waals surface area contributed by atoms with Crippen LogP contribution in [-0.4, -0.2) is 27.9 Å². The summed E-state index contributed by atoms with van der Waals surface area (Å²) in [6.45, 7) is 2.48. The third-order valence-electron chi connectivity index (χ3n) is 5.23. The molecule has 180 valence electrons. The Kier molecular flexibility index (Phi) is 7.68. The molecule has 1 aliphatic heterocycles. The number of hydrogen-bond acceptors (Lipinski definition) is 7. The minimum absolute atomic E-state index is 0.0693. The van der Waals surface area contributed by atoms with Gasteiger partial charge in [0.05, 0.1) is 34.4 Å². The minimum atomic E-state index is -1.08. The van der Waals surface area contributed by atoms with Crippen molar-refractivity contribution in [2.45, 2.75) is 13.5 Å². The number of nitrogens with zero attached hydrogens (tertiary/aromatic N) is 2. The number of benzene rings is 3. The first kappa shape index (κ1) is 25.0. The van der Waals surface area contributed by atoms with Crippen LogP contribution in [0, 0.1) is 11.3 Å². The van der Waals surface area contributed by atoms with Crippen LogP contribution in [0.3, 0.4) is 0 Å². The number of hydrogen-bond donors (Lipinski definition) is 1. The fraction of sp³-hybridized carbons (Fsp3) is 0.111. The van der Waals surface area contributed by atoms with Gasteiger partial charge < -0.3 is 14.6 Å². The second-order valence-corrected chi connectivity index (χ2v) is 9.25. The van der Waals surface area contributed by atoms with Crippen LogP contribution in [0.4, 0.5) is 5.69 Å². The van der Waals surface area contributed by atoms with Gasteiger partial charge in [-0.05, 0) is 55.0 Å². The topological polar surface area (TPSA) is 99.9 Å². The molecule has 3 aromatic carbocycles. The maximum atomic E-state index is 13.1. The molecule has 0 spiro atoms. The van der Waals surface area contributed by atoms with E-state index in [-0.39, 0.29) is 18.1 Å². The zero-order chi connectivity index (χ0) is 25.7. The van der Waals surface area contributed by atoms with E-state index in [2.05, 4.69) is 6.07 Å². The van der Waals surface area contributed by atoms with Crippen molar-refractivity contribution in [3.63, 3.8) is 0 Å². The maximum Gasteiger partial charge on any atom is 0.335 e. The summed E-state index contributed by atoms with van der Waals surface area (Å²) in [5, 5.41) is 18.6. The number of nitriles is 1. The van der Waals surface area contributed by atoms with Crippen molar-refractivity contribution in [2.75, 3.05) is 11.5 Å². The second kappa shape index (κ2) is 11.1. The molecular formula is C27H20N2O5S2. The lowest BCUT2D eigenvalue weighted by molar-refractivity contribution is -0.113. The number of thiocarbonyl (C=S) groups is 1. The molecule has 0 aromatic heterocycles. The highest BCUT2D eigenvalue weighted by Crippen LogP contribution is 2.37. The van der Waals surface area contributed by atoms with E-state index in [4.69, 9.17) is 21.7 Å². The largest absolute Gasteiger partial charge is 0.490 e. The van der Waals surface area contributed by atoms with Gasteiger partial charge in [0.25, 0.3) is 5.91 Å². The average molecular weight is 517 g/mol. The molecule has 0 saturated carbocycles. The molecule has 1 fully saturated rings. The van der Waals surface area contributed by atoms with E-state index < -0.39 is 5.97 Å². The zero-order valence-electron chi connectivity index (χ0n) is 19.1. The predicted molar refractivity (Wildman–Crippen MR) is 142 cm³/mol. The predicted octanol–water partition coefficient (Wildman–Crippen LogP) is 5.64. The molecule has 1 amide bonds. The number of carbonyl (C=O) groups is 2. The van der Waals surface area contributed by atoms with Gasteiger partial charge in [0, 0.05) is 5.56 Å². The SMILES string of the molecule is CCOc1cc(/C=C2\SC(=S)N(c3cccc(C(=O)O)c3)C2=O)ccc1OCc1ccccc1C#N. The lowest BCUT2D eigenvalue weighted by atomic mass is 10.1. The van der Waals surface area contributed by atoms with Crippen molar-refractivity contribution in [3.8, 4) is 17.6 Å². The van der Waals surface area contributed by atoms with Crippen molar-refractivity contribution >= 4 is 51.9 Å². The van der Waals surface area contributed by atoms with Crippen LogP contribution in [0.1, 0.15) is 34.0 Å². The van der Waals surface area contributed by atoms with Gasteiger partial charge in [-0.3, -0.25) is 9.69 Å². The number of anilines is 1. The van der Waals surface area contributed by atoms with Crippen LogP contribution in [-0.2, 0) is 11.4 Å². The molecule has 0 aliphatic carbocycles. The van der Waals surface area contributed by atoms with Crippen molar-refractivity contribution < 1.29 is 24.2 Å². The Bertz CT molecular complexity index is 1430. The van der Waals surface area contributed by atoms with Crippen LogP contribution in [0.25, 0.3) is 6.08 Å². The fourth-order valence-corrected chi connectivity index (χ4v) is 4.83. The van der Waals surface area contributed by atoms with Crippen LogP contribution >= 0.6 is 24.0 Å². The molecule has 3 aromatic rings. The first-order valence-electron chi connectivity index (χ1n) is 10.9. The Morgan fingerprint density at radius 2 is 1.92 bits per heavy atom. The smallest absolute Gasteiger partial charge is 0.335 e. The summed E-state index contributed by atoms with van der Waals surface area (Å²) in [6.07, 6.45) is 1.71. The van der Waals surface area contributed by atoms with E-state index >= 15 is 0 Å². The number of ether oxygens (including phenoxy) is 2. The molecule has 7 nitrogen and oxygen atoms in total. The summed E-state index contributed by atoms with van der Waals surface area (Å²) in [4.78, 5) is 26.2. The molecular weight excluding hydrogens is 496 g/mol. The highest BCUT2D eigenvalue weighted by molar-refractivity contribution is 8.27. The third-order valence-corrected chi connectivity index (χ3v) is 6.53. The Labute approximate surface area is 217 Å². The molecule has 1 aliphatic rings. The summed E-state index contributed by atoms with van der Waals surface area (Å²) in [6, 6.07) is 20.8. The fourth-order valence-electron chi connectivity index (χ4n) is 3.53. The van der Waals surface area contributed by atoms with Crippen molar-refractivity contribution in [3.05, 3.63) is 93.9 Å². The van der Waals surface area contributed by atoms with Gasteiger partial charge >= 0.3 is 5.97 Å². The van der Waals surface area contributed by atoms with E-state index in [0.29, 0.717) is 44.1 Å². The number of carboxylic acids is 1. The van der Waals surface area contributed by atoms with E-state index in [1.165, 1.54) is 17.0 Å². The summed E-state index contributed by atoms with van der Waals surface area (Å²) in [5.74, 6) is -0.399. The van der Waals surface area contributed by atoms with Crippen molar-refractivity contribution in [1.82, 2.24) is 0 Å². The number of rotatable bonds is 8. The summed E-state index contributed by atoms with van der Waals surface area (Å²) < 4.78 is 12.0. The summed E-state index contributed by atoms with van der Waals surface area (Å²) in [7, 11) is 0. The Balaban J connectivity index is 1.57. The lowest BCUT2D eigenvalue weighted by Gasteiger charge is -2.15. The summed E-state index contributed by atoms with van der Waals surface area (Å²) in [5.41, 5.74) is 2.49. The van der Waals surface area contributed by atoms with Crippen LogP contribution in [0.5, 0.6) is 11.5 Å². The molecule has 0 bridgehead atoms. The van der Waals surface area contributed by atoms with Gasteiger partial charge in [0.15, 0.2) is 15.8 Å². The van der Waals surface area contributed by atoms with Gasteiger partial charge in [0.2, 0.25) is 0 Å². The molecule has 4 rings (SSSR count). The molecule has 0 unspecified atom stereocenters. The number of aromatic carboxylic acids is 1. The third kappa shape index (κ3) is 5.40. The molecule has 1 saturated heterocycles. The standard InChI is InChI=1S/C27H20N2O5S2/c1-2-33-23-12-17(10-11-22(23)34-16-20-7-4-3-6-19(20)15-28)13-24-25(30)29(27(35)36-24)21-9-5-8-18(14-21)26(31)32/h3-14H,2,16H2,1H3,(H,31,32)/b24-13-. The molecule has 1 heterocycles. The molecule has 0 radical (unpaired) electrons. The van der Waals surface area contributed by atoms with Crippen molar-refractivity contribution in [2.24, 2.45) is 0 Å². The average Bonchev–Trinajstić information content (AvgIpc) is 3.16. The number of carboxylic acid groups (broad SMARTS) is 1. The molecule has 9 heteroatoms. The molecule has 36 heavy (non-hydrogen) atoms. The molecule has 0 atom stereocenters. The van der Waals surface area contributed by atoms with Crippen LogP contribution < -0.4 is 14.4 Å². The van der Waals surface area contributed by atoms with Gasteiger partial charge in [0.1, 0.15) is 6.61 Å². The van der Waals surface area contributed by atoms with E-state index in [0.717, 1.165) is 17.3 Å². The molecule has 1 N–H and O–H groups in total. The Morgan fingerprint density at radius 1 is 1.11 bits per heavy atom. The summed E-state index contributed by atoms with van der Waals surface area (Å²) >= 11 is 6.54. The van der Waals surface area contributed by atoms with Gasteiger partial charge in [-0.2, -0.15) is 5.26 Å². The number of carbonyl (C=O) groups excluding carboxylic acids is 1. The van der Waals surface area contributed by atoms with Crippen LogP contribution in [0.2, 0.25) is 0 Å². The second-order valence-electron chi connectivity index (χ2n) is 7.57. The first-order chi connectivity index (χ1) is 17.4. The van der Waals surface area contributed by atoms with E-state index in [1.807, 2.05) is 19.1 Å². The van der Waals surface area contributed by atoms with Gasteiger partial charge in [-0.15, -0.1) is 0 Å².